The van der Waals surface area contributed by atoms with Crippen molar-refractivity contribution in [2.45, 2.75) is 12.5 Å². The second-order valence-corrected chi connectivity index (χ2v) is 3.45. The number of hydrogen-bond acceptors (Lipinski definition) is 3. The molecule has 1 atom stereocenters. The molecule has 15 heavy (non-hydrogen) atoms. The highest BCUT2D eigenvalue weighted by Crippen LogP contribution is 2.34. The Morgan fingerprint density at radius 2 is 2.27 bits per heavy atom. The summed E-state index contributed by atoms with van der Waals surface area (Å²) >= 11 is 5.88. The van der Waals surface area contributed by atoms with E-state index < -0.39 is 11.9 Å². The highest BCUT2D eigenvalue weighted by molar-refractivity contribution is 6.32. The first-order valence-corrected chi connectivity index (χ1v) is 4.89. The molecule has 84 valence electrons. The van der Waals surface area contributed by atoms with Crippen LogP contribution in [0.15, 0.2) is 12.1 Å². The van der Waals surface area contributed by atoms with Crippen LogP contribution in [0.5, 0.6) is 5.75 Å². The van der Waals surface area contributed by atoms with Gasteiger partial charge >= 0.3 is 0 Å². The number of nitrogens with two attached hydrogens (primary N) is 1. The van der Waals surface area contributed by atoms with E-state index in [0.717, 1.165) is 0 Å². The van der Waals surface area contributed by atoms with Crippen LogP contribution in [-0.2, 0) is 0 Å². The van der Waals surface area contributed by atoms with E-state index in [4.69, 9.17) is 22.1 Å². The molecule has 3 nitrogen and oxygen atoms in total. The van der Waals surface area contributed by atoms with Crippen LogP contribution in [0.25, 0.3) is 0 Å². The molecule has 0 amide bonds. The lowest BCUT2D eigenvalue weighted by Crippen LogP contribution is -2.09. The van der Waals surface area contributed by atoms with Crippen molar-refractivity contribution in [1.29, 1.82) is 0 Å². The lowest BCUT2D eigenvalue weighted by Gasteiger charge is -2.14. The standard InChI is InChI=1S/C10H13ClFNO2/c1-15-8-3-2-6(12)9(10(8)11)7(14)4-5-13/h2-3,7,14H,4-5,13H2,1H3. The third-order valence-corrected chi connectivity index (χ3v) is 2.47. The Bertz CT molecular complexity index is 346. The average molecular weight is 234 g/mol. The summed E-state index contributed by atoms with van der Waals surface area (Å²) in [5, 5.41) is 9.74. The highest BCUT2D eigenvalue weighted by atomic mass is 35.5. The number of halogens is 2. The largest absolute Gasteiger partial charge is 0.495 e. The molecular weight excluding hydrogens is 221 g/mol. The molecule has 1 aromatic rings. The second-order valence-electron chi connectivity index (χ2n) is 3.07. The van der Waals surface area contributed by atoms with Crippen LogP contribution < -0.4 is 10.5 Å². The smallest absolute Gasteiger partial charge is 0.138 e. The summed E-state index contributed by atoms with van der Waals surface area (Å²) in [6.45, 7) is 0.258. The van der Waals surface area contributed by atoms with Gasteiger partial charge in [-0.05, 0) is 25.1 Å². The van der Waals surface area contributed by atoms with E-state index in [1.165, 1.54) is 19.2 Å². The number of aliphatic hydroxyl groups excluding tert-OH is 1. The minimum absolute atomic E-state index is 0.0430. The van der Waals surface area contributed by atoms with Gasteiger partial charge in [0.1, 0.15) is 11.6 Å². The van der Waals surface area contributed by atoms with Crippen molar-refractivity contribution in [3.05, 3.63) is 28.5 Å². The van der Waals surface area contributed by atoms with Gasteiger partial charge in [0.05, 0.1) is 18.2 Å². The predicted molar refractivity (Wildman–Crippen MR) is 56.6 cm³/mol. The summed E-state index contributed by atoms with van der Waals surface area (Å²) in [5.41, 5.74) is 5.32. The molecule has 0 fully saturated rings. The highest BCUT2D eigenvalue weighted by Gasteiger charge is 2.19. The molecule has 1 unspecified atom stereocenters. The molecule has 0 aliphatic heterocycles. The van der Waals surface area contributed by atoms with Gasteiger partial charge in [0.15, 0.2) is 0 Å². The molecule has 0 saturated carbocycles. The van der Waals surface area contributed by atoms with Crippen molar-refractivity contribution < 1.29 is 14.2 Å². The maximum atomic E-state index is 13.4. The molecule has 0 aromatic heterocycles. The normalized spacial score (nSPS) is 12.6. The fraction of sp³-hybridized carbons (Fsp3) is 0.400. The zero-order valence-corrected chi connectivity index (χ0v) is 9.09. The van der Waals surface area contributed by atoms with Crippen LogP contribution >= 0.6 is 11.6 Å². The lowest BCUT2D eigenvalue weighted by molar-refractivity contribution is 0.165. The Labute approximate surface area is 92.6 Å². The van der Waals surface area contributed by atoms with E-state index in [9.17, 15) is 9.50 Å². The van der Waals surface area contributed by atoms with Crippen LogP contribution in [0.4, 0.5) is 4.39 Å². The van der Waals surface area contributed by atoms with E-state index in [1.54, 1.807) is 0 Å². The Morgan fingerprint density at radius 1 is 1.60 bits per heavy atom. The van der Waals surface area contributed by atoms with Gasteiger partial charge in [-0.15, -0.1) is 0 Å². The van der Waals surface area contributed by atoms with Crippen LogP contribution in [0.2, 0.25) is 5.02 Å². The lowest BCUT2D eigenvalue weighted by atomic mass is 10.1. The van der Waals surface area contributed by atoms with Crippen LogP contribution in [0.3, 0.4) is 0 Å². The monoisotopic (exact) mass is 233 g/mol. The maximum absolute atomic E-state index is 13.4. The van der Waals surface area contributed by atoms with Gasteiger partial charge in [-0.25, -0.2) is 4.39 Å². The van der Waals surface area contributed by atoms with Crippen LogP contribution in [0, 0.1) is 5.82 Å². The van der Waals surface area contributed by atoms with Gasteiger partial charge < -0.3 is 15.6 Å². The quantitative estimate of drug-likeness (QED) is 0.835. The third-order valence-electron chi connectivity index (χ3n) is 2.08. The van der Waals surface area contributed by atoms with Crippen LogP contribution in [-0.4, -0.2) is 18.8 Å². The molecule has 0 heterocycles. The minimum atomic E-state index is -1.00. The predicted octanol–water partition coefficient (Wildman–Crippen LogP) is 1.87. The summed E-state index contributed by atoms with van der Waals surface area (Å²) in [4.78, 5) is 0. The first-order valence-electron chi connectivity index (χ1n) is 4.51. The Balaban J connectivity index is 3.14. The number of hydrogen-bond donors (Lipinski definition) is 2. The Hall–Kier alpha value is -0.840. The topological polar surface area (TPSA) is 55.5 Å². The molecular formula is C10H13ClFNO2. The van der Waals surface area contributed by atoms with Gasteiger partial charge in [-0.1, -0.05) is 11.6 Å². The number of rotatable bonds is 4. The van der Waals surface area contributed by atoms with Crippen molar-refractivity contribution in [2.24, 2.45) is 5.73 Å². The fourth-order valence-electron chi connectivity index (χ4n) is 1.31. The summed E-state index contributed by atoms with van der Waals surface area (Å²) in [6, 6.07) is 2.62. The molecule has 0 radical (unpaired) electrons. The van der Waals surface area contributed by atoms with Gasteiger partial charge in [0.25, 0.3) is 0 Å². The van der Waals surface area contributed by atoms with Crippen molar-refractivity contribution in [2.75, 3.05) is 13.7 Å². The molecule has 0 spiro atoms. The molecule has 0 saturated heterocycles. The fourth-order valence-corrected chi connectivity index (χ4v) is 1.67. The number of benzene rings is 1. The Kier molecular flexibility index (Phi) is 4.32. The number of ether oxygens (including phenoxy) is 1. The summed E-state index contributed by atoms with van der Waals surface area (Å²) in [5.74, 6) is -0.217. The third kappa shape index (κ3) is 2.59. The van der Waals surface area contributed by atoms with Gasteiger partial charge in [-0.3, -0.25) is 0 Å². The van der Waals surface area contributed by atoms with Crippen LogP contribution in [0.1, 0.15) is 18.1 Å². The van der Waals surface area contributed by atoms with E-state index in [2.05, 4.69) is 0 Å². The first-order chi connectivity index (χ1) is 7.11. The first kappa shape index (κ1) is 12.2. The molecule has 3 N–H and O–H groups in total. The molecule has 1 rings (SSSR count). The molecule has 0 bridgehead atoms. The van der Waals surface area contributed by atoms with Gasteiger partial charge in [-0.2, -0.15) is 0 Å². The van der Waals surface area contributed by atoms with Crippen molar-refractivity contribution in [3.8, 4) is 5.75 Å². The summed E-state index contributed by atoms with van der Waals surface area (Å²) in [7, 11) is 1.43. The van der Waals surface area contributed by atoms with E-state index >= 15 is 0 Å². The molecule has 0 aliphatic rings. The Morgan fingerprint density at radius 3 is 2.80 bits per heavy atom. The molecule has 5 heteroatoms. The second kappa shape index (κ2) is 5.30. The van der Waals surface area contributed by atoms with Crippen molar-refractivity contribution in [3.63, 3.8) is 0 Å². The summed E-state index contributed by atoms with van der Waals surface area (Å²) in [6.07, 6.45) is -0.748. The maximum Gasteiger partial charge on any atom is 0.138 e. The van der Waals surface area contributed by atoms with Gasteiger partial charge in [0, 0.05) is 5.56 Å². The zero-order chi connectivity index (χ0) is 11.4. The summed E-state index contributed by atoms with van der Waals surface area (Å²) < 4.78 is 18.3. The van der Waals surface area contributed by atoms with Crippen molar-refractivity contribution in [1.82, 2.24) is 0 Å². The number of methoxy groups -OCH3 is 1. The van der Waals surface area contributed by atoms with Crippen molar-refractivity contribution >= 4 is 11.6 Å². The van der Waals surface area contributed by atoms with Gasteiger partial charge in [0.2, 0.25) is 0 Å². The minimum Gasteiger partial charge on any atom is -0.495 e. The average Bonchev–Trinajstić information content (AvgIpc) is 2.18. The zero-order valence-electron chi connectivity index (χ0n) is 8.34. The van der Waals surface area contributed by atoms with E-state index in [-0.39, 0.29) is 23.6 Å². The van der Waals surface area contributed by atoms with E-state index in [1.807, 2.05) is 0 Å². The number of aliphatic hydroxyl groups is 1. The molecule has 1 aromatic carbocycles. The molecule has 0 aliphatic carbocycles. The SMILES string of the molecule is COc1ccc(F)c(C(O)CCN)c1Cl. The van der Waals surface area contributed by atoms with E-state index in [0.29, 0.717) is 5.75 Å².